The topological polar surface area (TPSA) is 19.0 Å². The van der Waals surface area contributed by atoms with E-state index in [1.165, 1.54) is 6.07 Å². The van der Waals surface area contributed by atoms with Crippen LogP contribution in [0.1, 0.15) is 24.3 Å². The van der Waals surface area contributed by atoms with Gasteiger partial charge in [-0.05, 0) is 36.6 Å². The number of benzene rings is 1. The molecular weight excluding hydrogens is 278 g/mol. The average molecular weight is 296 g/mol. The summed E-state index contributed by atoms with van der Waals surface area (Å²) < 4.78 is 29.6. The Morgan fingerprint density at radius 3 is 2.65 bits per heavy atom. The molecule has 5 heteroatoms. The van der Waals surface area contributed by atoms with E-state index in [0.29, 0.717) is 16.8 Å². The molecule has 1 aromatic heterocycles. The highest BCUT2D eigenvalue weighted by Crippen LogP contribution is 2.36. The van der Waals surface area contributed by atoms with Gasteiger partial charge in [0.1, 0.15) is 11.6 Å². The van der Waals surface area contributed by atoms with Gasteiger partial charge in [-0.25, -0.2) is 8.78 Å². The van der Waals surface area contributed by atoms with Crippen LogP contribution in [0.25, 0.3) is 10.9 Å². The molecule has 0 amide bonds. The third kappa shape index (κ3) is 2.40. The van der Waals surface area contributed by atoms with E-state index in [1.807, 2.05) is 6.20 Å². The lowest BCUT2D eigenvalue weighted by Gasteiger charge is -2.32. The third-order valence-corrected chi connectivity index (χ3v) is 5.31. The van der Waals surface area contributed by atoms with Gasteiger partial charge >= 0.3 is 0 Å². The number of piperidine rings is 1. The second-order valence-corrected chi connectivity index (χ2v) is 7.07. The molecule has 1 N–H and O–H groups in total. The van der Waals surface area contributed by atoms with Gasteiger partial charge in [0, 0.05) is 30.7 Å². The lowest BCUT2D eigenvalue weighted by atomic mass is 9.90. The first-order valence-corrected chi connectivity index (χ1v) is 8.49. The second kappa shape index (κ2) is 5.30. The molecule has 1 atom stereocenters. The maximum Gasteiger partial charge on any atom is 0.135 e. The summed E-state index contributed by atoms with van der Waals surface area (Å²) in [5.74, 6) is 3.40. The van der Waals surface area contributed by atoms with Gasteiger partial charge in [0.25, 0.3) is 0 Å². The van der Waals surface area contributed by atoms with Crippen LogP contribution in [0.4, 0.5) is 8.78 Å². The number of hydrogen-bond donors (Lipinski definition) is 1. The molecule has 1 aliphatic heterocycles. The molecule has 0 saturated carbocycles. The van der Waals surface area contributed by atoms with Gasteiger partial charge in [0.2, 0.25) is 0 Å². The van der Waals surface area contributed by atoms with Gasteiger partial charge in [0.15, 0.2) is 0 Å². The molecule has 0 bridgehead atoms. The van der Waals surface area contributed by atoms with Gasteiger partial charge in [-0.15, -0.1) is 10.7 Å². The Bertz CT molecular complexity index is 657. The van der Waals surface area contributed by atoms with Gasteiger partial charge < -0.3 is 4.98 Å². The highest BCUT2D eigenvalue weighted by molar-refractivity contribution is 8.11. The van der Waals surface area contributed by atoms with Crippen LogP contribution in [0, 0.1) is 11.6 Å². The molecule has 0 aliphatic carbocycles. The fourth-order valence-corrected chi connectivity index (χ4v) is 3.84. The fourth-order valence-electron chi connectivity index (χ4n) is 3.01. The zero-order valence-corrected chi connectivity index (χ0v) is 12.3. The van der Waals surface area contributed by atoms with Crippen molar-refractivity contribution in [2.45, 2.75) is 18.8 Å². The van der Waals surface area contributed by atoms with Crippen LogP contribution < -0.4 is 0 Å². The molecule has 1 fully saturated rings. The number of nitrogens with zero attached hydrogens (tertiary/aromatic N) is 1. The van der Waals surface area contributed by atoms with Crippen LogP contribution in [0.15, 0.2) is 18.3 Å². The predicted octanol–water partition coefficient (Wildman–Crippen LogP) is 3.87. The summed E-state index contributed by atoms with van der Waals surface area (Å²) in [5, 5.41) is 0.551. The van der Waals surface area contributed by atoms with Crippen molar-refractivity contribution in [3.8, 4) is 0 Å². The minimum absolute atomic E-state index is 0.0535. The number of aromatic nitrogens is 1. The van der Waals surface area contributed by atoms with Crippen molar-refractivity contribution in [3.63, 3.8) is 0 Å². The summed E-state index contributed by atoms with van der Waals surface area (Å²) in [6.45, 7) is 1.98. The Labute approximate surface area is 119 Å². The van der Waals surface area contributed by atoms with E-state index in [9.17, 15) is 8.78 Å². The fraction of sp³-hybridized carbons (Fsp3) is 0.400. The molecule has 2 heterocycles. The molecule has 108 valence electrons. The molecule has 20 heavy (non-hydrogen) atoms. The van der Waals surface area contributed by atoms with Crippen molar-refractivity contribution >= 4 is 27.4 Å². The van der Waals surface area contributed by atoms with Gasteiger partial charge in [-0.2, -0.15) is 0 Å². The smallest absolute Gasteiger partial charge is 0.135 e. The summed E-state index contributed by atoms with van der Waals surface area (Å²) in [7, 11) is 0.0535. The molecule has 1 aliphatic rings. The maximum atomic E-state index is 14.0. The van der Waals surface area contributed by atoms with Crippen LogP contribution in [0.5, 0.6) is 0 Å². The van der Waals surface area contributed by atoms with E-state index in [-0.39, 0.29) is 10.7 Å². The van der Waals surface area contributed by atoms with E-state index < -0.39 is 11.6 Å². The van der Waals surface area contributed by atoms with Crippen LogP contribution in [0.3, 0.4) is 0 Å². The Kier molecular flexibility index (Phi) is 3.65. The minimum Gasteiger partial charge on any atom is -0.361 e. The lowest BCUT2D eigenvalue weighted by Crippen LogP contribution is -2.28. The molecule has 1 saturated heterocycles. The number of hydrogen-bond acceptors (Lipinski definition) is 1. The monoisotopic (exact) mass is 296 g/mol. The maximum absolute atomic E-state index is 14.0. The number of rotatable bonds is 2. The summed E-state index contributed by atoms with van der Waals surface area (Å²) in [6, 6.07) is 2.32. The quantitative estimate of drug-likeness (QED) is 0.834. The van der Waals surface area contributed by atoms with E-state index in [2.05, 4.69) is 21.4 Å². The van der Waals surface area contributed by atoms with Gasteiger partial charge in [0.05, 0.1) is 5.52 Å². The van der Waals surface area contributed by atoms with Crippen molar-refractivity contribution in [3.05, 3.63) is 35.5 Å². The highest BCUT2D eigenvalue weighted by atomic mass is 32.2. The van der Waals surface area contributed by atoms with E-state index >= 15 is 0 Å². The van der Waals surface area contributed by atoms with Crippen molar-refractivity contribution in [1.29, 1.82) is 0 Å². The zero-order valence-electron chi connectivity index (χ0n) is 11.5. The molecule has 1 aromatic carbocycles. The molecule has 2 nitrogen and oxygen atoms in total. The average Bonchev–Trinajstić information content (AvgIpc) is 2.82. The summed E-state index contributed by atoms with van der Waals surface area (Å²) in [6.07, 6.45) is 5.95. The molecule has 1 unspecified atom stereocenters. The summed E-state index contributed by atoms with van der Waals surface area (Å²) >= 11 is 0. The van der Waals surface area contributed by atoms with Crippen molar-refractivity contribution in [1.82, 2.24) is 9.29 Å². The van der Waals surface area contributed by atoms with Crippen LogP contribution in [-0.2, 0) is 0 Å². The molecular formula is C15H18F2N2S. The molecule has 2 aromatic rings. The van der Waals surface area contributed by atoms with E-state index in [1.54, 1.807) is 0 Å². The van der Waals surface area contributed by atoms with Crippen LogP contribution >= 0.6 is 10.7 Å². The number of nitrogens with one attached hydrogen (secondary N) is 1. The van der Waals surface area contributed by atoms with Gasteiger partial charge in [-0.1, -0.05) is 5.87 Å². The first-order valence-electron chi connectivity index (χ1n) is 6.73. The van der Waals surface area contributed by atoms with Crippen molar-refractivity contribution in [2.75, 3.05) is 19.3 Å². The number of aromatic amines is 1. The normalized spacial score (nSPS) is 19.6. The summed E-state index contributed by atoms with van der Waals surface area (Å²) in [4.78, 5) is 3.00. The molecule has 3 rings (SSSR count). The first kappa shape index (κ1) is 13.8. The van der Waals surface area contributed by atoms with Crippen LogP contribution in [-0.4, -0.2) is 34.5 Å². The lowest BCUT2D eigenvalue weighted by molar-refractivity contribution is 0.347. The Hall–Kier alpha value is -1.20. The zero-order chi connectivity index (χ0) is 14.3. The van der Waals surface area contributed by atoms with E-state index in [4.69, 9.17) is 0 Å². The van der Waals surface area contributed by atoms with Gasteiger partial charge in [-0.3, -0.25) is 4.31 Å². The van der Waals surface area contributed by atoms with E-state index in [0.717, 1.165) is 37.6 Å². The van der Waals surface area contributed by atoms with Crippen molar-refractivity contribution < 1.29 is 8.78 Å². The van der Waals surface area contributed by atoms with Crippen molar-refractivity contribution in [2.24, 2.45) is 0 Å². The Morgan fingerprint density at radius 1 is 1.30 bits per heavy atom. The third-order valence-electron chi connectivity index (χ3n) is 4.06. The largest absolute Gasteiger partial charge is 0.361 e. The Morgan fingerprint density at radius 2 is 2.00 bits per heavy atom. The number of H-pyrrole nitrogens is 1. The Balaban J connectivity index is 1.90. The summed E-state index contributed by atoms with van der Waals surface area (Å²) in [5.41, 5.74) is 1.53. The number of halogens is 2. The minimum atomic E-state index is -0.537. The first-order chi connectivity index (χ1) is 9.56. The SMILES string of the molecule is C=S(C)N1CCC(c2c[nH]c3cc(F)cc(F)c23)CC1. The molecule has 0 spiro atoms. The highest BCUT2D eigenvalue weighted by Gasteiger charge is 2.24. The van der Waals surface area contributed by atoms with Crippen LogP contribution in [0.2, 0.25) is 0 Å². The number of fused-ring (bicyclic) bond motifs is 1. The molecule has 0 radical (unpaired) electrons. The second-order valence-electron chi connectivity index (χ2n) is 5.36. The standard InChI is InChI=1S/C15H18F2N2S/c1-20(2)19-5-3-10(4-6-19)12-9-18-14-8-11(16)7-13(17)15(12)14/h7-10,18H,1,3-6H2,2H3. The predicted molar refractivity (Wildman–Crippen MR) is 82.4 cm³/mol.